The van der Waals surface area contributed by atoms with Crippen molar-refractivity contribution in [2.45, 2.75) is 13.1 Å². The Morgan fingerprint density at radius 2 is 1.23 bits per heavy atom. The van der Waals surface area contributed by atoms with E-state index in [1.54, 1.807) is 0 Å². The van der Waals surface area contributed by atoms with Crippen molar-refractivity contribution in [1.82, 2.24) is 14.5 Å². The summed E-state index contributed by atoms with van der Waals surface area (Å²) in [5, 5.41) is 7.98. The average Bonchev–Trinajstić information content (AvgIpc) is 3.72. The molecule has 4 heterocycles. The summed E-state index contributed by atoms with van der Waals surface area (Å²) in [7, 11) is -2.04. The fourth-order valence-electron chi connectivity index (χ4n) is 7.78. The van der Waals surface area contributed by atoms with Gasteiger partial charge in [-0.1, -0.05) is 116 Å². The van der Waals surface area contributed by atoms with Crippen LogP contribution in [0, 0.1) is 0 Å². The molecule has 0 unspecified atom stereocenters. The number of hydrogen-bond donors (Lipinski definition) is 0. The molecule has 0 atom stereocenters. The number of rotatable bonds is 3. The summed E-state index contributed by atoms with van der Waals surface area (Å²) < 4.78 is 5.07. The van der Waals surface area contributed by atoms with Crippen LogP contribution in [0.1, 0.15) is 0 Å². The van der Waals surface area contributed by atoms with E-state index in [0.29, 0.717) is 0 Å². The van der Waals surface area contributed by atoms with E-state index >= 15 is 0 Å². The Balaban J connectivity index is 1.18. The number of hydrogen-bond acceptors (Lipinski definition) is 3. The second-order valence-electron chi connectivity index (χ2n) is 13.0. The molecule has 0 bridgehead atoms. The van der Waals surface area contributed by atoms with Crippen LogP contribution in [0.2, 0.25) is 13.1 Å². The molecular weight excluding hydrogens is 607 g/mol. The molecule has 1 aliphatic heterocycles. The van der Waals surface area contributed by atoms with E-state index in [-0.39, 0.29) is 0 Å². The molecule has 0 spiro atoms. The number of thiophene rings is 1. The Hall–Kier alpha value is -5.36. The molecule has 0 fully saturated rings. The quantitative estimate of drug-likeness (QED) is 0.181. The SMILES string of the molecule is C[Si]1(C)c2ccccc2-c2nc(-c3ccccc3)nc(-c3ccc(-n4c5ccccc5c5cc6c(cc54)sc4ccccc46)cc3)c21. The summed E-state index contributed by atoms with van der Waals surface area (Å²) in [5.74, 6) is 0.777. The van der Waals surface area contributed by atoms with Gasteiger partial charge in [-0.25, -0.2) is 9.97 Å². The fourth-order valence-corrected chi connectivity index (χ4v) is 12.1. The minimum absolute atomic E-state index is 0.777. The van der Waals surface area contributed by atoms with Crippen molar-refractivity contribution in [2.75, 3.05) is 0 Å². The maximum atomic E-state index is 5.33. The average molecular weight is 636 g/mol. The molecule has 0 saturated heterocycles. The van der Waals surface area contributed by atoms with Gasteiger partial charge < -0.3 is 4.57 Å². The molecular formula is C42H29N3SSi. The lowest BCUT2D eigenvalue weighted by Crippen LogP contribution is -2.50. The van der Waals surface area contributed by atoms with Crippen LogP contribution in [0.15, 0.2) is 140 Å². The van der Waals surface area contributed by atoms with Crippen LogP contribution in [0.25, 0.3) is 81.6 Å². The Bertz CT molecular complexity index is 2700. The van der Waals surface area contributed by atoms with Crippen LogP contribution in [-0.4, -0.2) is 22.6 Å². The first-order chi connectivity index (χ1) is 23.1. The normalized spacial score (nSPS) is 13.5. The summed E-state index contributed by atoms with van der Waals surface area (Å²) in [6, 6.07) is 50.6. The molecule has 3 aromatic heterocycles. The lowest BCUT2D eigenvalue weighted by molar-refractivity contribution is 1.18. The van der Waals surface area contributed by atoms with Crippen LogP contribution >= 0.6 is 11.3 Å². The third-order valence-corrected chi connectivity index (χ3v) is 14.6. The minimum atomic E-state index is -2.04. The highest BCUT2D eigenvalue weighted by Crippen LogP contribution is 2.41. The van der Waals surface area contributed by atoms with Crippen LogP contribution < -0.4 is 10.4 Å². The van der Waals surface area contributed by atoms with Gasteiger partial charge in [-0.05, 0) is 52.3 Å². The molecule has 9 aromatic rings. The number of aromatic nitrogens is 3. The third-order valence-electron chi connectivity index (χ3n) is 9.99. The van der Waals surface area contributed by atoms with Gasteiger partial charge in [0.1, 0.15) is 8.07 Å². The van der Waals surface area contributed by atoms with Crippen LogP contribution in [0.4, 0.5) is 0 Å². The zero-order chi connectivity index (χ0) is 31.3. The Morgan fingerprint density at radius 1 is 0.532 bits per heavy atom. The smallest absolute Gasteiger partial charge is 0.160 e. The largest absolute Gasteiger partial charge is 0.309 e. The minimum Gasteiger partial charge on any atom is -0.309 e. The lowest BCUT2D eigenvalue weighted by atomic mass is 10.1. The van der Waals surface area contributed by atoms with Crippen molar-refractivity contribution in [3.05, 3.63) is 140 Å². The maximum absolute atomic E-state index is 5.33. The molecule has 6 aromatic carbocycles. The standard InChI is InChI=1S/C42H29N3SSi/c1-47(2)38-19-11-8-16-31(38)40-41(47)39(43-42(44-40)27-12-4-3-5-13-27)26-20-22-28(23-21-26)45-34-17-9-6-14-29(34)32-24-33-30-15-7-10-18-36(30)46-37(33)25-35(32)45/h3-25H,1-2H3. The van der Waals surface area contributed by atoms with Crippen molar-refractivity contribution in [3.63, 3.8) is 0 Å². The first-order valence-electron chi connectivity index (χ1n) is 16.1. The van der Waals surface area contributed by atoms with Crippen molar-refractivity contribution in [1.29, 1.82) is 0 Å². The van der Waals surface area contributed by atoms with Crippen molar-refractivity contribution >= 4 is 71.8 Å². The number of nitrogens with zero attached hydrogens (tertiary/aromatic N) is 3. The van der Waals surface area contributed by atoms with Gasteiger partial charge >= 0.3 is 0 Å². The molecule has 0 saturated carbocycles. The van der Waals surface area contributed by atoms with E-state index < -0.39 is 8.07 Å². The van der Waals surface area contributed by atoms with Gasteiger partial charge in [0.05, 0.1) is 22.4 Å². The van der Waals surface area contributed by atoms with Crippen LogP contribution in [0.3, 0.4) is 0 Å². The second-order valence-corrected chi connectivity index (χ2v) is 18.4. The highest BCUT2D eigenvalue weighted by molar-refractivity contribution is 7.25. The summed E-state index contributed by atoms with van der Waals surface area (Å²) in [6.07, 6.45) is 0. The first-order valence-corrected chi connectivity index (χ1v) is 19.9. The highest BCUT2D eigenvalue weighted by atomic mass is 32.1. The third kappa shape index (κ3) is 3.84. The predicted octanol–water partition coefficient (Wildman–Crippen LogP) is 10.1. The molecule has 5 heteroatoms. The molecule has 0 aliphatic carbocycles. The van der Waals surface area contributed by atoms with E-state index in [1.807, 2.05) is 17.4 Å². The molecule has 222 valence electrons. The van der Waals surface area contributed by atoms with Crippen molar-refractivity contribution < 1.29 is 0 Å². The van der Waals surface area contributed by atoms with Gasteiger partial charge in [-0.15, -0.1) is 11.3 Å². The zero-order valence-corrected chi connectivity index (χ0v) is 27.8. The second kappa shape index (κ2) is 9.82. The van der Waals surface area contributed by atoms with E-state index in [9.17, 15) is 0 Å². The van der Waals surface area contributed by atoms with E-state index in [0.717, 1.165) is 34.0 Å². The highest BCUT2D eigenvalue weighted by Gasteiger charge is 2.41. The number of fused-ring (bicyclic) bond motifs is 9. The molecule has 1 aliphatic rings. The number of para-hydroxylation sites is 1. The van der Waals surface area contributed by atoms with E-state index in [2.05, 4.69) is 151 Å². The van der Waals surface area contributed by atoms with Crippen molar-refractivity contribution in [2.24, 2.45) is 0 Å². The number of benzene rings is 6. The first kappa shape index (κ1) is 26.8. The Labute approximate surface area is 277 Å². The van der Waals surface area contributed by atoms with Gasteiger partial charge in [0.2, 0.25) is 0 Å². The molecule has 47 heavy (non-hydrogen) atoms. The Morgan fingerprint density at radius 3 is 2.09 bits per heavy atom. The molecule has 0 radical (unpaired) electrons. The van der Waals surface area contributed by atoms with E-state index in [1.165, 1.54) is 57.9 Å². The van der Waals surface area contributed by atoms with Crippen LogP contribution in [-0.2, 0) is 0 Å². The summed E-state index contributed by atoms with van der Waals surface area (Å²) >= 11 is 1.87. The van der Waals surface area contributed by atoms with Crippen LogP contribution in [0.5, 0.6) is 0 Å². The maximum Gasteiger partial charge on any atom is 0.160 e. The van der Waals surface area contributed by atoms with Crippen molar-refractivity contribution in [3.8, 4) is 39.6 Å². The van der Waals surface area contributed by atoms with Gasteiger partial charge in [0.15, 0.2) is 5.82 Å². The Kier molecular flexibility index (Phi) is 5.60. The molecule has 10 rings (SSSR count). The van der Waals surface area contributed by atoms with Gasteiger partial charge in [-0.2, -0.15) is 0 Å². The van der Waals surface area contributed by atoms with Gasteiger partial charge in [0.25, 0.3) is 0 Å². The molecule has 0 amide bonds. The summed E-state index contributed by atoms with van der Waals surface area (Å²) in [5.41, 5.74) is 9.18. The summed E-state index contributed by atoms with van der Waals surface area (Å²) in [4.78, 5) is 10.6. The monoisotopic (exact) mass is 635 g/mol. The predicted molar refractivity (Wildman–Crippen MR) is 202 cm³/mol. The van der Waals surface area contributed by atoms with Gasteiger partial charge in [0, 0.05) is 47.8 Å². The van der Waals surface area contributed by atoms with E-state index in [4.69, 9.17) is 9.97 Å². The zero-order valence-electron chi connectivity index (χ0n) is 26.0. The fraction of sp³-hybridized carbons (Fsp3) is 0.0476. The lowest BCUT2D eigenvalue weighted by Gasteiger charge is -2.21. The van der Waals surface area contributed by atoms with Gasteiger partial charge in [-0.3, -0.25) is 0 Å². The topological polar surface area (TPSA) is 30.7 Å². The molecule has 3 nitrogen and oxygen atoms in total. The molecule has 0 N–H and O–H groups in total. The summed E-state index contributed by atoms with van der Waals surface area (Å²) in [6.45, 7) is 4.88.